The van der Waals surface area contributed by atoms with E-state index in [1.807, 2.05) is 35.2 Å². The fourth-order valence-electron chi connectivity index (χ4n) is 2.99. The molecule has 126 valence electrons. The molecule has 0 bridgehead atoms. The van der Waals surface area contributed by atoms with Crippen molar-refractivity contribution in [3.8, 4) is 11.4 Å². The van der Waals surface area contributed by atoms with Gasteiger partial charge in [-0.25, -0.2) is 9.97 Å². The van der Waals surface area contributed by atoms with Crippen molar-refractivity contribution >= 4 is 23.3 Å². The third-order valence-electron chi connectivity index (χ3n) is 4.27. The molecule has 0 saturated carbocycles. The van der Waals surface area contributed by atoms with Gasteiger partial charge < -0.3 is 10.2 Å². The molecule has 1 N–H and O–H groups in total. The minimum Gasteiger partial charge on any atom is -0.370 e. The summed E-state index contributed by atoms with van der Waals surface area (Å²) >= 11 is 6.03. The van der Waals surface area contributed by atoms with Gasteiger partial charge in [0.25, 0.3) is 0 Å². The van der Waals surface area contributed by atoms with Gasteiger partial charge in [-0.2, -0.15) is 0 Å². The molecule has 1 aliphatic rings. The lowest BCUT2D eigenvalue weighted by molar-refractivity contribution is -0.130. The summed E-state index contributed by atoms with van der Waals surface area (Å²) < 4.78 is 0. The van der Waals surface area contributed by atoms with E-state index >= 15 is 0 Å². The number of halogens is 1. The second-order valence-corrected chi connectivity index (χ2v) is 6.57. The van der Waals surface area contributed by atoms with Crippen LogP contribution < -0.4 is 5.32 Å². The normalized spacial score (nSPS) is 17.6. The molecule has 1 amide bonds. The van der Waals surface area contributed by atoms with Crippen molar-refractivity contribution in [3.05, 3.63) is 41.6 Å². The standard InChI is InChI=1S/C18H21ClN4O/c1-13(24)23-9-3-4-14(12-23)11-21-17-7-8-20-18(22-17)15-5-2-6-16(19)10-15/h2,5-8,10,14H,3-4,9,11-12H2,1H3,(H,20,21,22). The van der Waals surface area contributed by atoms with Gasteiger partial charge in [0, 0.05) is 43.3 Å². The van der Waals surface area contributed by atoms with Crippen molar-refractivity contribution in [1.29, 1.82) is 0 Å². The third-order valence-corrected chi connectivity index (χ3v) is 4.51. The van der Waals surface area contributed by atoms with Crippen molar-refractivity contribution in [3.63, 3.8) is 0 Å². The number of anilines is 1. The first kappa shape index (κ1) is 16.7. The molecule has 6 heteroatoms. The third kappa shape index (κ3) is 4.23. The van der Waals surface area contributed by atoms with E-state index in [2.05, 4.69) is 15.3 Å². The van der Waals surface area contributed by atoms with E-state index in [9.17, 15) is 4.79 Å². The highest BCUT2D eigenvalue weighted by Gasteiger charge is 2.21. The Morgan fingerprint density at radius 2 is 2.29 bits per heavy atom. The molecule has 2 aromatic rings. The highest BCUT2D eigenvalue weighted by Crippen LogP contribution is 2.21. The van der Waals surface area contributed by atoms with Crippen LogP contribution >= 0.6 is 11.6 Å². The summed E-state index contributed by atoms with van der Waals surface area (Å²) in [5.74, 6) is 2.05. The molecule has 1 aromatic carbocycles. The van der Waals surface area contributed by atoms with Crippen molar-refractivity contribution in [1.82, 2.24) is 14.9 Å². The Morgan fingerprint density at radius 3 is 3.08 bits per heavy atom. The number of carbonyl (C=O) groups excluding carboxylic acids is 1. The molecule has 0 radical (unpaired) electrons. The van der Waals surface area contributed by atoms with Crippen LogP contribution in [0.3, 0.4) is 0 Å². The Morgan fingerprint density at radius 1 is 1.42 bits per heavy atom. The van der Waals surface area contributed by atoms with Crippen molar-refractivity contribution < 1.29 is 4.79 Å². The average molecular weight is 345 g/mol. The molecule has 1 atom stereocenters. The Kier molecular flexibility index (Phi) is 5.30. The van der Waals surface area contributed by atoms with Gasteiger partial charge in [-0.05, 0) is 37.0 Å². The second-order valence-electron chi connectivity index (χ2n) is 6.13. The number of benzene rings is 1. The first-order chi connectivity index (χ1) is 11.6. The maximum absolute atomic E-state index is 11.5. The largest absolute Gasteiger partial charge is 0.370 e. The SMILES string of the molecule is CC(=O)N1CCCC(CNc2ccnc(-c3cccc(Cl)c3)n2)C1. The summed E-state index contributed by atoms with van der Waals surface area (Å²) in [6.07, 6.45) is 3.93. The van der Waals surface area contributed by atoms with Gasteiger partial charge in [0.1, 0.15) is 5.82 Å². The summed E-state index contributed by atoms with van der Waals surface area (Å²) in [6, 6.07) is 9.37. The number of nitrogens with zero attached hydrogens (tertiary/aromatic N) is 3. The Bertz CT molecular complexity index is 722. The number of rotatable bonds is 4. The number of nitrogens with one attached hydrogen (secondary N) is 1. The van der Waals surface area contributed by atoms with Crippen LogP contribution in [-0.4, -0.2) is 40.4 Å². The fraction of sp³-hybridized carbons (Fsp3) is 0.389. The molecule has 0 aliphatic carbocycles. The van der Waals surface area contributed by atoms with Crippen molar-refractivity contribution in [2.45, 2.75) is 19.8 Å². The van der Waals surface area contributed by atoms with E-state index in [-0.39, 0.29) is 5.91 Å². The number of likely N-dealkylation sites (tertiary alicyclic amines) is 1. The van der Waals surface area contributed by atoms with Crippen LogP contribution in [0.25, 0.3) is 11.4 Å². The van der Waals surface area contributed by atoms with Gasteiger partial charge in [-0.15, -0.1) is 0 Å². The molecular weight excluding hydrogens is 324 g/mol. The first-order valence-corrected chi connectivity index (χ1v) is 8.58. The monoisotopic (exact) mass is 344 g/mol. The molecule has 1 aliphatic heterocycles. The van der Waals surface area contributed by atoms with Crippen LogP contribution in [0.5, 0.6) is 0 Å². The number of hydrogen-bond acceptors (Lipinski definition) is 4. The smallest absolute Gasteiger partial charge is 0.219 e. The summed E-state index contributed by atoms with van der Waals surface area (Å²) in [5, 5.41) is 4.04. The second kappa shape index (κ2) is 7.62. The van der Waals surface area contributed by atoms with Crippen LogP contribution in [0.2, 0.25) is 5.02 Å². The quantitative estimate of drug-likeness (QED) is 0.922. The molecule has 2 heterocycles. The van der Waals surface area contributed by atoms with Crippen LogP contribution in [0, 0.1) is 5.92 Å². The van der Waals surface area contributed by atoms with Crippen LogP contribution in [0.1, 0.15) is 19.8 Å². The average Bonchev–Trinajstić information content (AvgIpc) is 2.60. The highest BCUT2D eigenvalue weighted by atomic mass is 35.5. The summed E-state index contributed by atoms with van der Waals surface area (Å²) in [4.78, 5) is 22.3. The number of carbonyl (C=O) groups is 1. The number of aromatic nitrogens is 2. The topological polar surface area (TPSA) is 58.1 Å². The van der Waals surface area contributed by atoms with E-state index in [1.165, 1.54) is 0 Å². The molecule has 1 fully saturated rings. The van der Waals surface area contributed by atoms with E-state index in [4.69, 9.17) is 11.6 Å². The van der Waals surface area contributed by atoms with E-state index < -0.39 is 0 Å². The highest BCUT2D eigenvalue weighted by molar-refractivity contribution is 6.30. The van der Waals surface area contributed by atoms with Crippen molar-refractivity contribution in [2.24, 2.45) is 5.92 Å². The molecule has 1 saturated heterocycles. The van der Waals surface area contributed by atoms with Gasteiger partial charge in [0.15, 0.2) is 5.82 Å². The zero-order valence-corrected chi connectivity index (χ0v) is 14.5. The molecular formula is C18H21ClN4O. The lowest BCUT2D eigenvalue weighted by Gasteiger charge is -2.32. The minimum atomic E-state index is 0.157. The van der Waals surface area contributed by atoms with E-state index in [1.54, 1.807) is 13.1 Å². The van der Waals surface area contributed by atoms with Gasteiger partial charge in [0.2, 0.25) is 5.91 Å². The zero-order chi connectivity index (χ0) is 16.9. The fourth-order valence-corrected chi connectivity index (χ4v) is 3.18. The number of piperidine rings is 1. The minimum absolute atomic E-state index is 0.157. The van der Waals surface area contributed by atoms with Crippen LogP contribution in [-0.2, 0) is 4.79 Å². The molecule has 5 nitrogen and oxygen atoms in total. The lowest BCUT2D eigenvalue weighted by atomic mass is 9.98. The van der Waals surface area contributed by atoms with Gasteiger partial charge >= 0.3 is 0 Å². The predicted molar refractivity (Wildman–Crippen MR) is 95.9 cm³/mol. The summed E-state index contributed by atoms with van der Waals surface area (Å²) in [6.45, 7) is 4.13. The molecule has 1 aromatic heterocycles. The first-order valence-electron chi connectivity index (χ1n) is 8.20. The Hall–Kier alpha value is -2.14. The van der Waals surface area contributed by atoms with E-state index in [0.717, 1.165) is 43.9 Å². The van der Waals surface area contributed by atoms with Gasteiger partial charge in [-0.3, -0.25) is 4.79 Å². The Labute approximate surface area is 147 Å². The van der Waals surface area contributed by atoms with Gasteiger partial charge in [-0.1, -0.05) is 23.7 Å². The maximum atomic E-state index is 11.5. The summed E-state index contributed by atoms with van der Waals surface area (Å²) in [5.41, 5.74) is 0.895. The predicted octanol–water partition coefficient (Wildman–Crippen LogP) is 3.47. The Balaban J connectivity index is 1.64. The molecule has 3 rings (SSSR count). The van der Waals surface area contributed by atoms with Crippen molar-refractivity contribution in [2.75, 3.05) is 25.0 Å². The molecule has 24 heavy (non-hydrogen) atoms. The maximum Gasteiger partial charge on any atom is 0.219 e. The van der Waals surface area contributed by atoms with Crippen LogP contribution in [0.15, 0.2) is 36.5 Å². The zero-order valence-electron chi connectivity index (χ0n) is 13.7. The number of hydrogen-bond donors (Lipinski definition) is 1. The van der Waals surface area contributed by atoms with Crippen LogP contribution in [0.4, 0.5) is 5.82 Å². The molecule has 1 unspecified atom stereocenters. The summed E-state index contributed by atoms with van der Waals surface area (Å²) in [7, 11) is 0. The van der Waals surface area contributed by atoms with E-state index in [0.29, 0.717) is 16.8 Å². The van der Waals surface area contributed by atoms with Gasteiger partial charge in [0.05, 0.1) is 0 Å². The molecule has 0 spiro atoms. The lowest BCUT2D eigenvalue weighted by Crippen LogP contribution is -2.40. The number of amides is 1.